The van der Waals surface area contributed by atoms with Gasteiger partial charge in [0.25, 0.3) is 0 Å². The van der Waals surface area contributed by atoms with E-state index in [1.165, 1.54) is 24.4 Å². The van der Waals surface area contributed by atoms with Crippen LogP contribution in [0.4, 0.5) is 0 Å². The van der Waals surface area contributed by atoms with Crippen molar-refractivity contribution in [3.05, 3.63) is 75.9 Å². The summed E-state index contributed by atoms with van der Waals surface area (Å²) in [6.45, 7) is 2.36. The average molecular weight is 352 g/mol. The zero-order valence-electron chi connectivity index (χ0n) is 13.4. The van der Waals surface area contributed by atoms with Gasteiger partial charge in [0.2, 0.25) is 0 Å². The fraction of sp³-hybridized carbons (Fsp3) is 0.100. The number of hydrogen-bond acceptors (Lipinski definition) is 4. The van der Waals surface area contributed by atoms with Crippen molar-refractivity contribution < 1.29 is 14.6 Å². The number of ketones is 1. The van der Waals surface area contributed by atoms with Crippen LogP contribution >= 0.6 is 11.6 Å². The Morgan fingerprint density at radius 1 is 1.20 bits per heavy atom. The monoisotopic (exact) mass is 351 g/mol. The van der Waals surface area contributed by atoms with Crippen LogP contribution in [0.5, 0.6) is 11.5 Å². The Morgan fingerprint density at radius 2 is 2.04 bits per heavy atom. The second-order valence-electron chi connectivity index (χ2n) is 6.01. The first kappa shape index (κ1) is 15.7. The van der Waals surface area contributed by atoms with Crippen molar-refractivity contribution in [3.63, 3.8) is 0 Å². The number of benzene rings is 2. The van der Waals surface area contributed by atoms with E-state index in [1.54, 1.807) is 6.07 Å². The number of carbonyl (C=O) groups excluding carboxylic acids is 1. The van der Waals surface area contributed by atoms with E-state index in [2.05, 4.69) is 4.98 Å². The predicted molar refractivity (Wildman–Crippen MR) is 95.3 cm³/mol. The van der Waals surface area contributed by atoms with Gasteiger partial charge in [0.1, 0.15) is 18.1 Å². The Bertz CT molecular complexity index is 1010. The minimum Gasteiger partial charge on any atom is -0.507 e. The topological polar surface area (TPSA) is 59.4 Å². The van der Waals surface area contributed by atoms with Crippen LogP contribution in [-0.4, -0.2) is 15.9 Å². The number of phenolic OH excluding ortho intramolecular Hbond substituents is 1. The molecule has 0 amide bonds. The fourth-order valence-electron chi connectivity index (χ4n) is 2.94. The van der Waals surface area contributed by atoms with Crippen LogP contribution in [0.15, 0.2) is 48.7 Å². The molecular formula is C20H14ClNO3. The second kappa shape index (κ2) is 5.90. The summed E-state index contributed by atoms with van der Waals surface area (Å²) >= 11 is 5.94. The highest BCUT2D eigenvalue weighted by Gasteiger charge is 2.22. The number of nitrogens with zero attached hydrogens (tertiary/aromatic N) is 1. The van der Waals surface area contributed by atoms with E-state index in [1.807, 2.05) is 25.1 Å². The van der Waals surface area contributed by atoms with Gasteiger partial charge in [-0.05, 0) is 43.3 Å². The Kier molecular flexibility index (Phi) is 3.70. The summed E-state index contributed by atoms with van der Waals surface area (Å²) in [6.07, 6.45) is 1.53. The van der Waals surface area contributed by atoms with Gasteiger partial charge in [0.15, 0.2) is 5.78 Å². The Hall–Kier alpha value is -2.85. The van der Waals surface area contributed by atoms with Crippen LogP contribution < -0.4 is 4.74 Å². The summed E-state index contributed by atoms with van der Waals surface area (Å²) in [5, 5.41) is 10.3. The lowest BCUT2D eigenvalue weighted by Gasteiger charge is -2.20. The number of fused-ring (bicyclic) bond motifs is 3. The molecule has 2 heterocycles. The minimum absolute atomic E-state index is 0.107. The molecular weight excluding hydrogens is 338 g/mol. The molecule has 0 saturated heterocycles. The van der Waals surface area contributed by atoms with Crippen LogP contribution in [0.2, 0.25) is 5.02 Å². The first-order valence-corrected chi connectivity index (χ1v) is 8.16. The third-order valence-electron chi connectivity index (χ3n) is 4.21. The molecule has 0 unspecified atom stereocenters. The van der Waals surface area contributed by atoms with Crippen LogP contribution in [-0.2, 0) is 6.61 Å². The minimum atomic E-state index is -0.328. The van der Waals surface area contributed by atoms with Gasteiger partial charge in [0.05, 0.1) is 11.3 Å². The first-order valence-electron chi connectivity index (χ1n) is 7.79. The predicted octanol–water partition coefficient (Wildman–Crippen LogP) is 4.54. The summed E-state index contributed by atoms with van der Waals surface area (Å²) in [5.74, 6) is 0.354. The van der Waals surface area contributed by atoms with Crippen molar-refractivity contribution in [1.29, 1.82) is 0 Å². The van der Waals surface area contributed by atoms with E-state index in [-0.39, 0.29) is 17.1 Å². The molecule has 4 rings (SSSR count). The molecule has 0 spiro atoms. The van der Waals surface area contributed by atoms with Crippen molar-refractivity contribution in [3.8, 4) is 22.8 Å². The standard InChI is InChI=1S/C20H14ClNO3/c1-11-2-5-18-16(6-11)19-13(10-25-18)7-12(9-22-19)20(24)15-8-14(21)3-4-17(15)23/h2-9,23H,10H2,1H3. The number of hydrogen-bond donors (Lipinski definition) is 1. The van der Waals surface area contributed by atoms with Gasteiger partial charge < -0.3 is 9.84 Å². The average Bonchev–Trinajstić information content (AvgIpc) is 2.62. The van der Waals surface area contributed by atoms with Gasteiger partial charge in [-0.3, -0.25) is 9.78 Å². The molecule has 124 valence electrons. The van der Waals surface area contributed by atoms with E-state index < -0.39 is 0 Å². The normalized spacial score (nSPS) is 12.1. The number of ether oxygens (including phenoxy) is 1. The summed E-state index contributed by atoms with van der Waals surface area (Å²) < 4.78 is 5.77. The molecule has 0 atom stereocenters. The highest BCUT2D eigenvalue weighted by molar-refractivity contribution is 6.31. The van der Waals surface area contributed by atoms with Crippen molar-refractivity contribution >= 4 is 17.4 Å². The number of carbonyl (C=O) groups is 1. The fourth-order valence-corrected chi connectivity index (χ4v) is 3.12. The van der Waals surface area contributed by atoms with Crippen molar-refractivity contribution in [2.45, 2.75) is 13.5 Å². The third kappa shape index (κ3) is 2.75. The lowest BCUT2D eigenvalue weighted by atomic mass is 9.97. The Balaban J connectivity index is 1.78. The van der Waals surface area contributed by atoms with Crippen LogP contribution in [0, 0.1) is 6.92 Å². The maximum absolute atomic E-state index is 12.7. The smallest absolute Gasteiger partial charge is 0.198 e. The Morgan fingerprint density at radius 3 is 2.88 bits per heavy atom. The van der Waals surface area contributed by atoms with Crippen molar-refractivity contribution in [2.75, 3.05) is 0 Å². The molecule has 0 saturated carbocycles. The number of aromatic hydroxyl groups is 1. The largest absolute Gasteiger partial charge is 0.507 e. The number of aryl methyl sites for hydroxylation is 1. The highest BCUT2D eigenvalue weighted by Crippen LogP contribution is 2.37. The van der Waals surface area contributed by atoms with Gasteiger partial charge >= 0.3 is 0 Å². The molecule has 1 aliphatic heterocycles. The zero-order chi connectivity index (χ0) is 17.6. The van der Waals surface area contributed by atoms with Gasteiger partial charge in [-0.1, -0.05) is 23.2 Å². The van der Waals surface area contributed by atoms with E-state index in [0.29, 0.717) is 17.2 Å². The zero-order valence-corrected chi connectivity index (χ0v) is 14.2. The number of phenols is 1. The summed E-state index contributed by atoms with van der Waals surface area (Å²) in [4.78, 5) is 17.2. The van der Waals surface area contributed by atoms with Crippen molar-refractivity contribution in [2.24, 2.45) is 0 Å². The van der Waals surface area contributed by atoms with E-state index >= 15 is 0 Å². The molecule has 5 heteroatoms. The maximum atomic E-state index is 12.7. The molecule has 1 N–H and O–H groups in total. The molecule has 3 aromatic rings. The number of pyridine rings is 1. The molecule has 0 fully saturated rings. The van der Waals surface area contributed by atoms with Gasteiger partial charge in [0, 0.05) is 27.9 Å². The van der Waals surface area contributed by atoms with Gasteiger partial charge in [-0.25, -0.2) is 0 Å². The summed E-state index contributed by atoms with van der Waals surface area (Å²) in [6, 6.07) is 12.1. The molecule has 25 heavy (non-hydrogen) atoms. The molecule has 1 aliphatic rings. The first-order chi connectivity index (χ1) is 12.0. The van der Waals surface area contributed by atoms with Gasteiger partial charge in [-0.15, -0.1) is 0 Å². The summed E-state index contributed by atoms with van der Waals surface area (Å²) in [7, 11) is 0. The molecule has 0 aliphatic carbocycles. The van der Waals surface area contributed by atoms with Crippen LogP contribution in [0.1, 0.15) is 27.0 Å². The molecule has 0 bridgehead atoms. The second-order valence-corrected chi connectivity index (χ2v) is 6.45. The third-order valence-corrected chi connectivity index (χ3v) is 4.44. The lowest BCUT2D eigenvalue weighted by Crippen LogP contribution is -2.10. The van der Waals surface area contributed by atoms with Crippen LogP contribution in [0.3, 0.4) is 0 Å². The molecule has 1 aromatic heterocycles. The lowest BCUT2D eigenvalue weighted by molar-refractivity contribution is 0.103. The van der Waals surface area contributed by atoms with Crippen molar-refractivity contribution in [1.82, 2.24) is 4.98 Å². The Labute approximate surface area is 149 Å². The highest BCUT2D eigenvalue weighted by atomic mass is 35.5. The molecule has 4 nitrogen and oxygen atoms in total. The van der Waals surface area contributed by atoms with E-state index in [4.69, 9.17) is 16.3 Å². The SMILES string of the molecule is Cc1ccc2c(c1)-c1ncc(C(=O)c3cc(Cl)ccc3O)cc1CO2. The molecule has 0 radical (unpaired) electrons. The summed E-state index contributed by atoms with van der Waals surface area (Å²) in [5.41, 5.74) is 4.23. The van der Waals surface area contributed by atoms with E-state index in [0.717, 1.165) is 28.1 Å². The quantitative estimate of drug-likeness (QED) is 0.689. The number of aromatic nitrogens is 1. The maximum Gasteiger partial charge on any atom is 0.198 e. The van der Waals surface area contributed by atoms with Gasteiger partial charge in [-0.2, -0.15) is 0 Å². The van der Waals surface area contributed by atoms with E-state index in [9.17, 15) is 9.90 Å². The number of halogens is 1. The molecule has 2 aromatic carbocycles. The van der Waals surface area contributed by atoms with Crippen LogP contribution in [0.25, 0.3) is 11.3 Å². The number of rotatable bonds is 2.